The first kappa shape index (κ1) is 13.3. The van der Waals surface area contributed by atoms with Gasteiger partial charge < -0.3 is 5.11 Å². The van der Waals surface area contributed by atoms with Gasteiger partial charge in [0.1, 0.15) is 5.82 Å². The lowest BCUT2D eigenvalue weighted by atomic mass is 9.90. The summed E-state index contributed by atoms with van der Waals surface area (Å²) < 4.78 is 74.7. The lowest BCUT2D eigenvalue weighted by Crippen LogP contribution is -2.47. The van der Waals surface area contributed by atoms with Gasteiger partial charge in [0.05, 0.1) is 10.6 Å². The molecule has 2 rings (SSSR count). The molecule has 3 nitrogen and oxygen atoms in total. The first-order valence-electron chi connectivity index (χ1n) is 4.90. The van der Waals surface area contributed by atoms with Gasteiger partial charge in [0.25, 0.3) is 0 Å². The molecule has 1 atom stereocenters. The average Bonchev–Trinajstić information content (AvgIpc) is 2.22. The van der Waals surface area contributed by atoms with E-state index in [0.29, 0.717) is 6.07 Å². The summed E-state index contributed by atoms with van der Waals surface area (Å²) in [5, 5.41) is 9.66. The number of sulfone groups is 1. The molecule has 8 heteroatoms. The van der Waals surface area contributed by atoms with E-state index in [1.165, 1.54) is 0 Å². The summed E-state index contributed by atoms with van der Waals surface area (Å²) in [6.07, 6.45) is -6.10. The molecule has 1 aliphatic rings. The molecule has 0 radical (unpaired) electrons. The van der Waals surface area contributed by atoms with E-state index in [9.17, 15) is 31.1 Å². The number of halogens is 4. The van der Waals surface area contributed by atoms with Crippen LogP contribution < -0.4 is 0 Å². The fourth-order valence-electron chi connectivity index (χ4n) is 1.92. The summed E-state index contributed by atoms with van der Waals surface area (Å²) in [5.41, 5.74) is -4.27. The number of alkyl halides is 3. The van der Waals surface area contributed by atoms with Crippen molar-refractivity contribution in [2.75, 3.05) is 5.75 Å². The largest absolute Gasteiger partial charge is 0.421 e. The van der Waals surface area contributed by atoms with Crippen LogP contribution in [0, 0.1) is 5.82 Å². The van der Waals surface area contributed by atoms with Crippen LogP contribution in [0.2, 0.25) is 0 Å². The zero-order valence-corrected chi connectivity index (χ0v) is 9.65. The van der Waals surface area contributed by atoms with Crippen LogP contribution in [0.5, 0.6) is 0 Å². The minimum Gasteiger partial charge on any atom is -0.376 e. The second kappa shape index (κ2) is 3.67. The third-order valence-electron chi connectivity index (χ3n) is 2.92. The van der Waals surface area contributed by atoms with Crippen molar-refractivity contribution in [2.45, 2.75) is 23.1 Å². The number of hydrogen-bond acceptors (Lipinski definition) is 3. The standard InChI is InChI=1S/C10H8F4O3S/c11-6-1-2-8-7(5-6)9(15,10(12,13)14)3-4-18(8,16)17/h1-2,5,15H,3-4H2. The number of rotatable bonds is 0. The Morgan fingerprint density at radius 1 is 1.28 bits per heavy atom. The fourth-order valence-corrected chi connectivity index (χ4v) is 3.54. The Morgan fingerprint density at radius 2 is 1.89 bits per heavy atom. The van der Waals surface area contributed by atoms with Gasteiger partial charge in [-0.15, -0.1) is 0 Å². The van der Waals surface area contributed by atoms with Crippen LogP contribution in [0.1, 0.15) is 12.0 Å². The van der Waals surface area contributed by atoms with Gasteiger partial charge in [0, 0.05) is 12.0 Å². The zero-order chi connectivity index (χ0) is 13.8. The average molecular weight is 284 g/mol. The third-order valence-corrected chi connectivity index (χ3v) is 4.69. The van der Waals surface area contributed by atoms with Crippen LogP contribution in [0.25, 0.3) is 0 Å². The molecule has 1 N–H and O–H groups in total. The highest BCUT2D eigenvalue weighted by molar-refractivity contribution is 7.91. The Hall–Kier alpha value is -1.15. The highest BCUT2D eigenvalue weighted by Gasteiger charge is 2.58. The number of aliphatic hydroxyl groups is 1. The zero-order valence-electron chi connectivity index (χ0n) is 8.83. The normalized spacial score (nSPS) is 26.7. The Kier molecular flexibility index (Phi) is 2.71. The van der Waals surface area contributed by atoms with E-state index in [1.807, 2.05) is 0 Å². The van der Waals surface area contributed by atoms with Crippen LogP contribution in [-0.4, -0.2) is 25.5 Å². The van der Waals surface area contributed by atoms with Crippen molar-refractivity contribution in [3.8, 4) is 0 Å². The predicted molar refractivity (Wildman–Crippen MR) is 53.0 cm³/mol. The van der Waals surface area contributed by atoms with Crippen molar-refractivity contribution in [3.05, 3.63) is 29.6 Å². The molecule has 0 fully saturated rings. The van der Waals surface area contributed by atoms with E-state index in [0.717, 1.165) is 12.1 Å². The number of fused-ring (bicyclic) bond motifs is 1. The van der Waals surface area contributed by atoms with Gasteiger partial charge in [-0.05, 0) is 18.2 Å². The van der Waals surface area contributed by atoms with E-state index in [4.69, 9.17) is 0 Å². The second-order valence-electron chi connectivity index (χ2n) is 4.07. The molecular formula is C10H8F4O3S. The van der Waals surface area contributed by atoms with Crippen molar-refractivity contribution < 1.29 is 31.1 Å². The third kappa shape index (κ3) is 1.79. The second-order valence-corrected chi connectivity index (χ2v) is 6.14. The van der Waals surface area contributed by atoms with Crippen molar-refractivity contribution in [1.29, 1.82) is 0 Å². The summed E-state index contributed by atoms with van der Waals surface area (Å²) >= 11 is 0. The van der Waals surface area contributed by atoms with Gasteiger partial charge in [-0.3, -0.25) is 0 Å². The Bertz CT molecular complexity index is 594. The molecule has 0 saturated heterocycles. The molecule has 18 heavy (non-hydrogen) atoms. The molecule has 1 aromatic carbocycles. The molecule has 1 unspecified atom stereocenters. The van der Waals surface area contributed by atoms with Crippen LogP contribution in [0.15, 0.2) is 23.1 Å². The summed E-state index contributed by atoms with van der Waals surface area (Å²) in [7, 11) is -3.92. The van der Waals surface area contributed by atoms with Gasteiger partial charge >= 0.3 is 6.18 Å². The molecule has 0 saturated carbocycles. The fraction of sp³-hybridized carbons (Fsp3) is 0.400. The minimum absolute atomic E-state index is 0.416. The smallest absolute Gasteiger partial charge is 0.376 e. The molecular weight excluding hydrogens is 276 g/mol. The molecule has 0 spiro atoms. The highest BCUT2D eigenvalue weighted by atomic mass is 32.2. The van der Waals surface area contributed by atoms with Gasteiger partial charge in [-0.2, -0.15) is 13.2 Å². The Morgan fingerprint density at radius 3 is 2.44 bits per heavy atom. The first-order valence-corrected chi connectivity index (χ1v) is 6.55. The monoisotopic (exact) mass is 284 g/mol. The minimum atomic E-state index is -5.06. The summed E-state index contributed by atoms with van der Waals surface area (Å²) in [4.78, 5) is -0.671. The molecule has 0 amide bonds. The lowest BCUT2D eigenvalue weighted by molar-refractivity contribution is -0.269. The molecule has 100 valence electrons. The van der Waals surface area contributed by atoms with E-state index >= 15 is 0 Å². The van der Waals surface area contributed by atoms with Crippen molar-refractivity contribution in [1.82, 2.24) is 0 Å². The molecule has 1 aromatic rings. The van der Waals surface area contributed by atoms with E-state index in [-0.39, 0.29) is 0 Å². The first-order chi connectivity index (χ1) is 8.08. The maximum absolute atomic E-state index is 13.0. The van der Waals surface area contributed by atoms with Crippen LogP contribution in [0.4, 0.5) is 17.6 Å². The quantitative estimate of drug-likeness (QED) is 0.583. The van der Waals surface area contributed by atoms with Crippen molar-refractivity contribution >= 4 is 9.84 Å². The SMILES string of the molecule is O=S1(=O)CCC(O)(C(F)(F)F)c2cc(F)ccc21. The van der Waals surface area contributed by atoms with Crippen LogP contribution in [-0.2, 0) is 15.4 Å². The molecule has 1 aliphatic heterocycles. The summed E-state index contributed by atoms with van der Waals surface area (Å²) in [6, 6.07) is 1.91. The molecule has 0 aromatic heterocycles. The summed E-state index contributed by atoms with van der Waals surface area (Å²) in [6.45, 7) is 0. The number of benzene rings is 1. The van der Waals surface area contributed by atoms with Gasteiger partial charge in [-0.1, -0.05) is 0 Å². The van der Waals surface area contributed by atoms with Gasteiger partial charge in [-0.25, -0.2) is 12.8 Å². The van der Waals surface area contributed by atoms with Crippen molar-refractivity contribution in [3.63, 3.8) is 0 Å². The molecule has 1 heterocycles. The lowest BCUT2D eigenvalue weighted by Gasteiger charge is -2.35. The Balaban J connectivity index is 2.77. The maximum atomic E-state index is 13.0. The maximum Gasteiger partial charge on any atom is 0.421 e. The van der Waals surface area contributed by atoms with Gasteiger partial charge in [0.2, 0.25) is 0 Å². The highest BCUT2D eigenvalue weighted by Crippen LogP contribution is 2.47. The van der Waals surface area contributed by atoms with E-state index in [1.54, 1.807) is 0 Å². The summed E-state index contributed by atoms with van der Waals surface area (Å²) in [5.74, 6) is -1.87. The van der Waals surface area contributed by atoms with Crippen LogP contribution >= 0.6 is 0 Å². The molecule has 0 bridgehead atoms. The predicted octanol–water partition coefficient (Wildman–Crippen LogP) is 1.75. The van der Waals surface area contributed by atoms with Gasteiger partial charge in [0.15, 0.2) is 15.4 Å². The van der Waals surface area contributed by atoms with Crippen LogP contribution in [0.3, 0.4) is 0 Å². The molecule has 0 aliphatic carbocycles. The topological polar surface area (TPSA) is 54.4 Å². The van der Waals surface area contributed by atoms with E-state index < -0.39 is 50.1 Å². The Labute approximate surface area is 100.0 Å². The van der Waals surface area contributed by atoms with Crippen molar-refractivity contribution in [2.24, 2.45) is 0 Å². The van der Waals surface area contributed by atoms with E-state index in [2.05, 4.69) is 0 Å². The number of hydrogen-bond donors (Lipinski definition) is 1.